The van der Waals surface area contributed by atoms with E-state index in [1.54, 1.807) is 0 Å². The second kappa shape index (κ2) is 8.04. The number of rotatable bonds is 8. The van der Waals surface area contributed by atoms with Gasteiger partial charge in [-0.3, -0.25) is 4.90 Å². The molecule has 94 valence electrons. The number of hydrogen-bond donors (Lipinski definition) is 1. The highest BCUT2D eigenvalue weighted by atomic mass is 15.1. The number of nitrogens with zero attached hydrogens (tertiary/aromatic N) is 1. The molecule has 0 fully saturated rings. The Balaban J connectivity index is 2.29. The quantitative estimate of drug-likeness (QED) is 0.698. The van der Waals surface area contributed by atoms with Gasteiger partial charge < -0.3 is 5.73 Å². The Kier molecular flexibility index (Phi) is 6.60. The average molecular weight is 232 g/mol. The van der Waals surface area contributed by atoms with E-state index in [4.69, 9.17) is 5.73 Å². The van der Waals surface area contributed by atoms with Crippen LogP contribution in [0.3, 0.4) is 0 Å². The van der Waals surface area contributed by atoms with Gasteiger partial charge in [0.25, 0.3) is 0 Å². The molecule has 0 heterocycles. The summed E-state index contributed by atoms with van der Waals surface area (Å²) < 4.78 is 0. The Morgan fingerprint density at radius 1 is 1.35 bits per heavy atom. The van der Waals surface area contributed by atoms with E-state index >= 15 is 0 Å². The van der Waals surface area contributed by atoms with E-state index in [1.807, 2.05) is 12.1 Å². The Morgan fingerprint density at radius 3 is 2.65 bits per heavy atom. The minimum atomic E-state index is 0.245. The third-order valence-corrected chi connectivity index (χ3v) is 2.97. The summed E-state index contributed by atoms with van der Waals surface area (Å²) in [6.45, 7) is 8.84. The van der Waals surface area contributed by atoms with Crippen molar-refractivity contribution in [2.45, 2.75) is 25.8 Å². The van der Waals surface area contributed by atoms with Crippen LogP contribution < -0.4 is 5.73 Å². The minimum absolute atomic E-state index is 0.245. The highest BCUT2D eigenvalue weighted by molar-refractivity contribution is 5.14. The number of nitrogens with two attached hydrogens (primary N) is 1. The summed E-state index contributed by atoms with van der Waals surface area (Å²) in [6, 6.07) is 10.8. The van der Waals surface area contributed by atoms with Crippen molar-refractivity contribution in [1.82, 2.24) is 4.90 Å². The molecule has 0 bridgehead atoms. The predicted octanol–water partition coefficient (Wildman–Crippen LogP) is 2.45. The topological polar surface area (TPSA) is 29.3 Å². The predicted molar refractivity (Wildman–Crippen MR) is 75.0 cm³/mol. The van der Waals surface area contributed by atoms with Crippen LogP contribution in [0, 0.1) is 0 Å². The molecule has 2 nitrogen and oxygen atoms in total. The SMILES string of the molecule is C=CCN(CC)CC(N)CCc1ccccc1. The maximum atomic E-state index is 6.15. The molecule has 1 rings (SSSR count). The fraction of sp³-hybridized carbons (Fsp3) is 0.467. The zero-order valence-electron chi connectivity index (χ0n) is 10.8. The van der Waals surface area contributed by atoms with Gasteiger partial charge >= 0.3 is 0 Å². The largest absolute Gasteiger partial charge is 0.327 e. The van der Waals surface area contributed by atoms with Gasteiger partial charge in [-0.25, -0.2) is 0 Å². The molecule has 0 saturated carbocycles. The molecule has 0 aliphatic rings. The molecular weight excluding hydrogens is 208 g/mol. The Morgan fingerprint density at radius 2 is 2.06 bits per heavy atom. The first-order valence-electron chi connectivity index (χ1n) is 6.39. The lowest BCUT2D eigenvalue weighted by atomic mass is 10.1. The van der Waals surface area contributed by atoms with E-state index in [2.05, 4.69) is 42.7 Å². The van der Waals surface area contributed by atoms with Crippen LogP contribution in [0.2, 0.25) is 0 Å². The van der Waals surface area contributed by atoms with Crippen LogP contribution in [-0.2, 0) is 6.42 Å². The van der Waals surface area contributed by atoms with Crippen LogP contribution in [0.1, 0.15) is 18.9 Å². The van der Waals surface area contributed by atoms with Crippen LogP contribution >= 0.6 is 0 Å². The van der Waals surface area contributed by atoms with Crippen LogP contribution in [0.25, 0.3) is 0 Å². The van der Waals surface area contributed by atoms with Gasteiger partial charge in [-0.1, -0.05) is 43.3 Å². The van der Waals surface area contributed by atoms with Crippen molar-refractivity contribution in [2.24, 2.45) is 5.73 Å². The van der Waals surface area contributed by atoms with Crippen molar-refractivity contribution in [3.8, 4) is 0 Å². The molecular formula is C15H24N2. The highest BCUT2D eigenvalue weighted by Crippen LogP contribution is 2.05. The molecule has 0 spiro atoms. The summed E-state index contributed by atoms with van der Waals surface area (Å²) in [5, 5.41) is 0. The standard InChI is InChI=1S/C15H24N2/c1-3-12-17(4-2)13-15(16)11-10-14-8-6-5-7-9-14/h3,5-9,15H,1,4,10-13,16H2,2H3. The van der Waals surface area contributed by atoms with Crippen molar-refractivity contribution in [1.29, 1.82) is 0 Å². The summed E-state index contributed by atoms with van der Waals surface area (Å²) in [4.78, 5) is 2.32. The molecule has 1 unspecified atom stereocenters. The van der Waals surface area contributed by atoms with Gasteiger partial charge in [-0.05, 0) is 24.9 Å². The fourth-order valence-corrected chi connectivity index (χ4v) is 1.93. The zero-order valence-corrected chi connectivity index (χ0v) is 10.8. The van der Waals surface area contributed by atoms with E-state index in [-0.39, 0.29) is 6.04 Å². The zero-order chi connectivity index (χ0) is 12.5. The molecule has 17 heavy (non-hydrogen) atoms. The molecule has 0 aliphatic heterocycles. The van der Waals surface area contributed by atoms with E-state index in [0.29, 0.717) is 0 Å². The molecule has 0 radical (unpaired) electrons. The van der Waals surface area contributed by atoms with Crippen LogP contribution in [0.4, 0.5) is 0 Å². The van der Waals surface area contributed by atoms with Gasteiger partial charge in [-0.2, -0.15) is 0 Å². The molecule has 0 aliphatic carbocycles. The number of hydrogen-bond acceptors (Lipinski definition) is 2. The maximum Gasteiger partial charge on any atom is 0.0171 e. The third-order valence-electron chi connectivity index (χ3n) is 2.97. The molecule has 2 heteroatoms. The number of aryl methyl sites for hydroxylation is 1. The Bertz CT molecular complexity index is 308. The molecule has 0 saturated heterocycles. The molecule has 1 aromatic rings. The Hall–Kier alpha value is -1.12. The maximum absolute atomic E-state index is 6.15. The lowest BCUT2D eigenvalue weighted by molar-refractivity contribution is 0.291. The number of benzene rings is 1. The molecule has 1 aromatic carbocycles. The second-order valence-electron chi connectivity index (χ2n) is 4.43. The van der Waals surface area contributed by atoms with E-state index in [0.717, 1.165) is 32.5 Å². The van der Waals surface area contributed by atoms with Gasteiger partial charge in [0.1, 0.15) is 0 Å². The van der Waals surface area contributed by atoms with Gasteiger partial charge in [0.15, 0.2) is 0 Å². The first-order chi connectivity index (χ1) is 8.26. The molecule has 1 atom stereocenters. The summed E-state index contributed by atoms with van der Waals surface area (Å²) in [6.07, 6.45) is 4.04. The summed E-state index contributed by atoms with van der Waals surface area (Å²) >= 11 is 0. The van der Waals surface area contributed by atoms with E-state index in [9.17, 15) is 0 Å². The lowest BCUT2D eigenvalue weighted by Crippen LogP contribution is -2.37. The molecule has 0 amide bonds. The van der Waals surface area contributed by atoms with E-state index < -0.39 is 0 Å². The summed E-state index contributed by atoms with van der Waals surface area (Å²) in [5.74, 6) is 0. The van der Waals surface area contributed by atoms with Crippen molar-refractivity contribution in [3.63, 3.8) is 0 Å². The minimum Gasteiger partial charge on any atom is -0.327 e. The van der Waals surface area contributed by atoms with Crippen molar-refractivity contribution in [3.05, 3.63) is 48.6 Å². The molecule has 2 N–H and O–H groups in total. The smallest absolute Gasteiger partial charge is 0.0171 e. The van der Waals surface area contributed by atoms with Gasteiger partial charge in [-0.15, -0.1) is 6.58 Å². The van der Waals surface area contributed by atoms with Gasteiger partial charge in [0.05, 0.1) is 0 Å². The van der Waals surface area contributed by atoms with Gasteiger partial charge in [0.2, 0.25) is 0 Å². The van der Waals surface area contributed by atoms with Crippen molar-refractivity contribution < 1.29 is 0 Å². The van der Waals surface area contributed by atoms with Crippen molar-refractivity contribution >= 4 is 0 Å². The van der Waals surface area contributed by atoms with Gasteiger partial charge in [0, 0.05) is 19.1 Å². The highest BCUT2D eigenvalue weighted by Gasteiger charge is 2.07. The monoisotopic (exact) mass is 232 g/mol. The number of likely N-dealkylation sites (N-methyl/N-ethyl adjacent to an activating group) is 1. The fourth-order valence-electron chi connectivity index (χ4n) is 1.93. The third kappa shape index (κ3) is 5.66. The Labute approximate surface area is 105 Å². The second-order valence-corrected chi connectivity index (χ2v) is 4.43. The van der Waals surface area contributed by atoms with Crippen molar-refractivity contribution in [2.75, 3.05) is 19.6 Å². The normalized spacial score (nSPS) is 12.6. The summed E-state index contributed by atoms with van der Waals surface area (Å²) in [5.41, 5.74) is 7.52. The first kappa shape index (κ1) is 13.9. The molecule has 0 aromatic heterocycles. The first-order valence-corrected chi connectivity index (χ1v) is 6.39. The van der Waals surface area contributed by atoms with Crippen LogP contribution in [0.15, 0.2) is 43.0 Å². The lowest BCUT2D eigenvalue weighted by Gasteiger charge is -2.22. The summed E-state index contributed by atoms with van der Waals surface area (Å²) in [7, 11) is 0. The van der Waals surface area contributed by atoms with E-state index in [1.165, 1.54) is 5.56 Å². The van der Waals surface area contributed by atoms with Crippen LogP contribution in [0.5, 0.6) is 0 Å². The average Bonchev–Trinajstić information content (AvgIpc) is 2.37. The van der Waals surface area contributed by atoms with Crippen LogP contribution in [-0.4, -0.2) is 30.6 Å².